The molecule has 1 aliphatic heterocycles. The van der Waals surface area contributed by atoms with Gasteiger partial charge in [0.1, 0.15) is 5.22 Å². The smallest absolute Gasteiger partial charge is 0.305 e. The predicted octanol–water partition coefficient (Wildman–Crippen LogP) is -0.686. The fraction of sp³-hybridized carbons (Fsp3) is 0. The molecular formula is C5H5N5O2. The van der Waals surface area contributed by atoms with Crippen molar-refractivity contribution in [2.24, 2.45) is 5.22 Å². The lowest BCUT2D eigenvalue weighted by molar-refractivity contribution is -1.27. The number of quaternary nitrogens is 1. The third-order valence-electron chi connectivity index (χ3n) is 1.46. The predicted molar refractivity (Wildman–Crippen MR) is 37.9 cm³/mol. The second kappa shape index (κ2) is 2.40. The number of nitrogens with zero attached hydrogens (tertiary/aromatic N) is 3. The van der Waals surface area contributed by atoms with Crippen LogP contribution < -0.4 is 10.6 Å². The lowest BCUT2D eigenvalue weighted by Crippen LogP contribution is -3.06. The van der Waals surface area contributed by atoms with Crippen molar-refractivity contribution in [2.75, 3.05) is 5.43 Å². The lowest BCUT2D eigenvalue weighted by atomic mass is 10.4. The molecule has 0 amide bonds. The van der Waals surface area contributed by atoms with Crippen molar-refractivity contribution in [1.82, 2.24) is 4.98 Å². The molecule has 1 atom stereocenters. The number of hydrogen-bond donors (Lipinski definition) is 2. The van der Waals surface area contributed by atoms with Gasteiger partial charge in [0.25, 0.3) is 0 Å². The Bertz CT molecular complexity index is 338. The highest BCUT2D eigenvalue weighted by molar-refractivity contribution is 5.54. The molecule has 0 saturated carbocycles. The second-order valence-corrected chi connectivity index (χ2v) is 2.19. The number of pyridine rings is 1. The standard InChI is InChI=1S/C5H5N5O2/c11-9-4-2-1-3-6-5(4)7-8-10(9)12/h1-3,9H,(H,6,7). The zero-order chi connectivity index (χ0) is 8.55. The van der Waals surface area contributed by atoms with Crippen LogP contribution in [0.4, 0.5) is 11.5 Å². The first-order chi connectivity index (χ1) is 5.79. The quantitative estimate of drug-likeness (QED) is 0.395. The fourth-order valence-corrected chi connectivity index (χ4v) is 0.908. The van der Waals surface area contributed by atoms with Crippen molar-refractivity contribution >= 4 is 11.5 Å². The number of anilines is 1. The van der Waals surface area contributed by atoms with Gasteiger partial charge in [0, 0.05) is 17.2 Å². The molecule has 1 aliphatic rings. The van der Waals surface area contributed by atoms with Gasteiger partial charge in [0.2, 0.25) is 5.69 Å². The maximum absolute atomic E-state index is 11.1. The zero-order valence-corrected chi connectivity index (χ0v) is 5.89. The van der Waals surface area contributed by atoms with Crippen molar-refractivity contribution in [3.63, 3.8) is 0 Å². The van der Waals surface area contributed by atoms with Gasteiger partial charge in [-0.3, -0.25) is 0 Å². The van der Waals surface area contributed by atoms with Crippen LogP contribution in [0.1, 0.15) is 0 Å². The first-order valence-electron chi connectivity index (χ1n) is 3.22. The molecular weight excluding hydrogens is 162 g/mol. The SMILES string of the molecule is [O-][N+]1=NNc2ncccc2[NH+]1[O-]. The van der Waals surface area contributed by atoms with Gasteiger partial charge in [-0.05, 0) is 6.07 Å². The number of fused-ring (bicyclic) bond motifs is 1. The van der Waals surface area contributed by atoms with Gasteiger partial charge in [-0.25, -0.2) is 4.98 Å². The average molecular weight is 167 g/mol. The van der Waals surface area contributed by atoms with Crippen molar-refractivity contribution in [1.29, 1.82) is 0 Å². The van der Waals surface area contributed by atoms with Crippen LogP contribution in [0.15, 0.2) is 23.6 Å². The highest BCUT2D eigenvalue weighted by Crippen LogP contribution is 2.14. The van der Waals surface area contributed by atoms with Gasteiger partial charge < -0.3 is 10.4 Å². The van der Waals surface area contributed by atoms with E-state index in [1.807, 2.05) is 0 Å². The van der Waals surface area contributed by atoms with E-state index in [-0.39, 0.29) is 10.7 Å². The Labute approximate surface area is 67.0 Å². The Morgan fingerprint density at radius 2 is 2.42 bits per heavy atom. The molecule has 0 radical (unpaired) electrons. The fourth-order valence-electron chi connectivity index (χ4n) is 0.908. The third-order valence-corrected chi connectivity index (χ3v) is 1.46. The van der Waals surface area contributed by atoms with E-state index in [0.29, 0.717) is 5.82 Å². The molecule has 1 aromatic heterocycles. The van der Waals surface area contributed by atoms with Crippen molar-refractivity contribution in [2.45, 2.75) is 0 Å². The molecule has 2 N–H and O–H groups in total. The Balaban J connectivity index is 2.49. The molecule has 12 heavy (non-hydrogen) atoms. The number of rotatable bonds is 0. The molecule has 7 heteroatoms. The summed E-state index contributed by atoms with van der Waals surface area (Å²) in [4.78, 5) is 3.80. The van der Waals surface area contributed by atoms with E-state index in [1.54, 1.807) is 6.07 Å². The molecule has 2 heterocycles. The Morgan fingerprint density at radius 3 is 3.25 bits per heavy atom. The minimum atomic E-state index is -0.697. The summed E-state index contributed by atoms with van der Waals surface area (Å²) in [5.41, 5.74) is 2.59. The Kier molecular flexibility index (Phi) is 1.39. The summed E-state index contributed by atoms with van der Waals surface area (Å²) in [6.45, 7) is 0. The highest BCUT2D eigenvalue weighted by Gasteiger charge is 2.22. The van der Waals surface area contributed by atoms with Gasteiger partial charge >= 0.3 is 5.82 Å². The summed E-state index contributed by atoms with van der Waals surface area (Å²) in [6.07, 6.45) is 1.51. The molecule has 0 aliphatic carbocycles. The van der Waals surface area contributed by atoms with Gasteiger partial charge in [-0.2, -0.15) is 0 Å². The van der Waals surface area contributed by atoms with Crippen LogP contribution in [0.5, 0.6) is 0 Å². The van der Waals surface area contributed by atoms with E-state index in [2.05, 4.69) is 15.6 Å². The van der Waals surface area contributed by atoms with E-state index >= 15 is 0 Å². The maximum Gasteiger partial charge on any atom is 0.305 e. The van der Waals surface area contributed by atoms with Gasteiger partial charge in [-0.1, -0.05) is 0 Å². The molecule has 0 bridgehead atoms. The van der Waals surface area contributed by atoms with Crippen LogP contribution in [-0.2, 0) is 0 Å². The number of nitrogens with one attached hydrogen (secondary N) is 2. The minimum Gasteiger partial charge on any atom is -0.646 e. The van der Waals surface area contributed by atoms with E-state index in [1.165, 1.54) is 12.3 Å². The van der Waals surface area contributed by atoms with E-state index < -0.39 is 5.17 Å². The molecule has 1 aromatic rings. The van der Waals surface area contributed by atoms with Gasteiger partial charge in [-0.15, -0.1) is 10.6 Å². The van der Waals surface area contributed by atoms with Crippen molar-refractivity contribution in [3.8, 4) is 0 Å². The van der Waals surface area contributed by atoms with Gasteiger partial charge in [0.05, 0.1) is 0 Å². The van der Waals surface area contributed by atoms with E-state index in [0.717, 1.165) is 0 Å². The topological polar surface area (TPSA) is 90.9 Å². The number of hydrogen-bond acceptors (Lipinski definition) is 5. The monoisotopic (exact) mass is 167 g/mol. The molecule has 62 valence electrons. The molecule has 0 fully saturated rings. The summed E-state index contributed by atoms with van der Waals surface area (Å²) >= 11 is 0. The van der Waals surface area contributed by atoms with Crippen molar-refractivity contribution < 1.29 is 10.1 Å². The van der Waals surface area contributed by atoms with E-state index in [4.69, 9.17) is 0 Å². The van der Waals surface area contributed by atoms with Crippen LogP contribution in [-0.4, -0.2) is 9.95 Å². The summed E-state index contributed by atoms with van der Waals surface area (Å²) in [6, 6.07) is 3.09. The molecule has 1 unspecified atom stereocenters. The van der Waals surface area contributed by atoms with E-state index in [9.17, 15) is 10.4 Å². The maximum atomic E-state index is 11.1. The Hall–Kier alpha value is -1.73. The molecule has 2 rings (SSSR count). The largest absolute Gasteiger partial charge is 0.646 e. The first kappa shape index (κ1) is 6.95. The summed E-state index contributed by atoms with van der Waals surface area (Å²) in [5, 5.41) is 24.2. The third kappa shape index (κ3) is 0.881. The second-order valence-electron chi connectivity index (χ2n) is 2.19. The van der Waals surface area contributed by atoms with Crippen molar-refractivity contribution in [3.05, 3.63) is 28.7 Å². The Morgan fingerprint density at radius 1 is 1.58 bits per heavy atom. The molecule has 0 saturated heterocycles. The lowest BCUT2D eigenvalue weighted by Gasteiger charge is -2.22. The molecule has 7 nitrogen and oxygen atoms in total. The number of aromatic nitrogens is 1. The summed E-state index contributed by atoms with van der Waals surface area (Å²) in [5.74, 6) is 0.314. The van der Waals surface area contributed by atoms with Crippen LogP contribution in [0, 0.1) is 10.4 Å². The summed E-state index contributed by atoms with van der Waals surface area (Å²) < 4.78 is 0. The molecule has 0 spiro atoms. The molecule has 0 aromatic carbocycles. The van der Waals surface area contributed by atoms with Crippen LogP contribution in [0.25, 0.3) is 0 Å². The normalized spacial score (nSPS) is 20.8. The first-order valence-corrected chi connectivity index (χ1v) is 3.22. The summed E-state index contributed by atoms with van der Waals surface area (Å²) in [7, 11) is 0. The van der Waals surface area contributed by atoms with Crippen LogP contribution in [0.3, 0.4) is 0 Å². The van der Waals surface area contributed by atoms with Gasteiger partial charge in [0.15, 0.2) is 0 Å². The highest BCUT2D eigenvalue weighted by atomic mass is 16.7. The van der Waals surface area contributed by atoms with Crippen LogP contribution in [0.2, 0.25) is 0 Å². The average Bonchev–Trinajstić information content (AvgIpc) is 2.12. The van der Waals surface area contributed by atoms with Crippen LogP contribution >= 0.6 is 0 Å². The zero-order valence-electron chi connectivity index (χ0n) is 5.89. The minimum absolute atomic E-state index is 0.00991.